The average Bonchev–Trinajstić information content (AvgIpc) is 2.79. The van der Waals surface area contributed by atoms with Gasteiger partial charge in [-0.2, -0.15) is 0 Å². The van der Waals surface area contributed by atoms with Crippen LogP contribution in [0.25, 0.3) is 0 Å². The third-order valence-electron chi connectivity index (χ3n) is 5.14. The van der Waals surface area contributed by atoms with Gasteiger partial charge in [0.2, 0.25) is 21.8 Å². The molecule has 7 nitrogen and oxygen atoms in total. The van der Waals surface area contributed by atoms with E-state index in [0.717, 1.165) is 5.56 Å². The number of carbonyl (C=O) groups is 2. The lowest BCUT2D eigenvalue weighted by Gasteiger charge is -2.30. The largest absolute Gasteiger partial charge is 0.357 e. The zero-order valence-electron chi connectivity index (χ0n) is 18.3. The summed E-state index contributed by atoms with van der Waals surface area (Å²) in [6.07, 6.45) is 0.992. The van der Waals surface area contributed by atoms with Crippen LogP contribution in [0.4, 0.5) is 0 Å². The zero-order chi connectivity index (χ0) is 22.9. The monoisotopic (exact) mass is 445 g/mol. The van der Waals surface area contributed by atoms with Crippen LogP contribution in [0, 0.1) is 0 Å². The number of benzene rings is 2. The Morgan fingerprint density at radius 3 is 2.13 bits per heavy atom. The van der Waals surface area contributed by atoms with Crippen molar-refractivity contribution >= 4 is 21.8 Å². The van der Waals surface area contributed by atoms with E-state index in [-0.39, 0.29) is 29.7 Å². The first-order valence-corrected chi connectivity index (χ1v) is 11.8. The molecule has 0 unspecified atom stereocenters. The summed E-state index contributed by atoms with van der Waals surface area (Å²) in [6, 6.07) is 17.1. The van der Waals surface area contributed by atoms with Crippen molar-refractivity contribution < 1.29 is 18.0 Å². The number of carbonyl (C=O) groups excluding carboxylic acids is 2. The van der Waals surface area contributed by atoms with Crippen LogP contribution in [0.15, 0.2) is 65.6 Å². The number of nitrogens with one attached hydrogen (secondary N) is 1. The van der Waals surface area contributed by atoms with Crippen molar-refractivity contribution in [3.8, 4) is 0 Å². The van der Waals surface area contributed by atoms with Crippen LogP contribution in [-0.2, 0) is 26.2 Å². The molecule has 1 atom stereocenters. The first-order valence-electron chi connectivity index (χ1n) is 10.4. The van der Waals surface area contributed by atoms with E-state index >= 15 is 0 Å². The van der Waals surface area contributed by atoms with Crippen molar-refractivity contribution in [2.75, 3.05) is 20.6 Å². The number of hydrogen-bond acceptors (Lipinski definition) is 4. The van der Waals surface area contributed by atoms with Crippen LogP contribution >= 0.6 is 0 Å². The molecule has 0 saturated carbocycles. The predicted molar refractivity (Wildman–Crippen MR) is 121 cm³/mol. The van der Waals surface area contributed by atoms with E-state index in [1.165, 1.54) is 11.4 Å². The van der Waals surface area contributed by atoms with Gasteiger partial charge in [0.15, 0.2) is 0 Å². The van der Waals surface area contributed by atoms with Crippen molar-refractivity contribution in [3.63, 3.8) is 0 Å². The molecule has 2 aromatic rings. The standard InChI is InChI=1S/C23H31N3O4S/c1-4-21(23(28)24-2)26(18-19-12-7-5-8-13-19)22(27)16-11-17-25(3)31(29,30)20-14-9-6-10-15-20/h5-10,12-15,21H,4,11,16-18H2,1-3H3,(H,24,28)/t21-/m0/s1. The predicted octanol–water partition coefficient (Wildman–Crippen LogP) is 2.64. The Balaban J connectivity index is 2.06. The Kier molecular flexibility index (Phi) is 9.21. The first-order chi connectivity index (χ1) is 14.8. The van der Waals surface area contributed by atoms with Crippen LogP contribution in [0.5, 0.6) is 0 Å². The van der Waals surface area contributed by atoms with Gasteiger partial charge in [-0.3, -0.25) is 9.59 Å². The molecule has 2 aromatic carbocycles. The molecule has 8 heteroatoms. The summed E-state index contributed by atoms with van der Waals surface area (Å²) in [4.78, 5) is 27.2. The van der Waals surface area contributed by atoms with Crippen LogP contribution in [0.3, 0.4) is 0 Å². The highest BCUT2D eigenvalue weighted by Gasteiger charge is 2.28. The Morgan fingerprint density at radius 1 is 1.00 bits per heavy atom. The third kappa shape index (κ3) is 6.63. The summed E-state index contributed by atoms with van der Waals surface area (Å²) in [5, 5.41) is 2.63. The van der Waals surface area contributed by atoms with E-state index in [4.69, 9.17) is 0 Å². The molecule has 2 amide bonds. The Bertz CT molecular complexity index is 949. The zero-order valence-corrected chi connectivity index (χ0v) is 19.1. The molecule has 0 bridgehead atoms. The van der Waals surface area contributed by atoms with Gasteiger partial charge in [-0.15, -0.1) is 0 Å². The van der Waals surface area contributed by atoms with Gasteiger partial charge in [-0.1, -0.05) is 55.5 Å². The molecule has 0 heterocycles. The summed E-state index contributed by atoms with van der Waals surface area (Å²) >= 11 is 0. The summed E-state index contributed by atoms with van der Waals surface area (Å²) in [6.45, 7) is 2.40. The van der Waals surface area contributed by atoms with Gasteiger partial charge in [0.1, 0.15) is 6.04 Å². The van der Waals surface area contributed by atoms with Gasteiger partial charge in [-0.25, -0.2) is 12.7 Å². The molecule has 0 fully saturated rings. The van der Waals surface area contributed by atoms with Crippen molar-refractivity contribution in [2.24, 2.45) is 0 Å². The lowest BCUT2D eigenvalue weighted by Crippen LogP contribution is -2.48. The van der Waals surface area contributed by atoms with E-state index in [0.29, 0.717) is 19.4 Å². The molecule has 0 aliphatic rings. The first kappa shape index (κ1) is 24.6. The van der Waals surface area contributed by atoms with Gasteiger partial charge in [0.05, 0.1) is 4.90 Å². The molecular formula is C23H31N3O4S. The molecule has 0 saturated heterocycles. The summed E-state index contributed by atoms with van der Waals surface area (Å²) in [5.41, 5.74) is 0.932. The fourth-order valence-corrected chi connectivity index (χ4v) is 4.59. The highest BCUT2D eigenvalue weighted by atomic mass is 32.2. The maximum absolute atomic E-state index is 13.0. The molecule has 1 N–H and O–H groups in total. The van der Waals surface area contributed by atoms with E-state index in [2.05, 4.69) is 5.32 Å². The smallest absolute Gasteiger partial charge is 0.242 e. The minimum Gasteiger partial charge on any atom is -0.357 e. The second-order valence-electron chi connectivity index (χ2n) is 7.29. The molecule has 2 rings (SSSR count). The van der Waals surface area contributed by atoms with Crippen molar-refractivity contribution in [3.05, 3.63) is 66.2 Å². The summed E-state index contributed by atoms with van der Waals surface area (Å²) in [7, 11) is -0.537. The molecule has 0 radical (unpaired) electrons. The molecular weight excluding hydrogens is 414 g/mol. The number of nitrogens with zero attached hydrogens (tertiary/aromatic N) is 2. The number of rotatable bonds is 11. The van der Waals surface area contributed by atoms with E-state index in [1.54, 1.807) is 42.3 Å². The number of hydrogen-bond donors (Lipinski definition) is 1. The van der Waals surface area contributed by atoms with Gasteiger partial charge < -0.3 is 10.2 Å². The molecule has 0 aliphatic heterocycles. The third-order valence-corrected chi connectivity index (χ3v) is 7.01. The van der Waals surface area contributed by atoms with Crippen LogP contribution in [-0.4, -0.2) is 56.1 Å². The van der Waals surface area contributed by atoms with Crippen molar-refractivity contribution in [1.82, 2.24) is 14.5 Å². The highest BCUT2D eigenvalue weighted by molar-refractivity contribution is 7.89. The number of likely N-dealkylation sites (N-methyl/N-ethyl adjacent to an activating group) is 1. The summed E-state index contributed by atoms with van der Waals surface area (Å²) < 4.78 is 26.5. The van der Waals surface area contributed by atoms with Gasteiger partial charge in [0, 0.05) is 33.6 Å². The number of amides is 2. The van der Waals surface area contributed by atoms with Crippen molar-refractivity contribution in [1.29, 1.82) is 0 Å². The normalized spacial score (nSPS) is 12.4. The second kappa shape index (κ2) is 11.6. The lowest BCUT2D eigenvalue weighted by atomic mass is 10.1. The van der Waals surface area contributed by atoms with Gasteiger partial charge in [-0.05, 0) is 30.5 Å². The maximum Gasteiger partial charge on any atom is 0.242 e. The SMILES string of the molecule is CC[C@@H](C(=O)NC)N(Cc1ccccc1)C(=O)CCCN(C)S(=O)(=O)c1ccccc1. The van der Waals surface area contributed by atoms with Crippen LogP contribution in [0.2, 0.25) is 0 Å². The molecule has 0 aliphatic carbocycles. The average molecular weight is 446 g/mol. The quantitative estimate of drug-likeness (QED) is 0.576. The molecule has 31 heavy (non-hydrogen) atoms. The Labute approximate surface area is 185 Å². The maximum atomic E-state index is 13.0. The van der Waals surface area contributed by atoms with Crippen molar-refractivity contribution in [2.45, 2.75) is 43.7 Å². The van der Waals surface area contributed by atoms with E-state index in [9.17, 15) is 18.0 Å². The van der Waals surface area contributed by atoms with Crippen LogP contribution in [0.1, 0.15) is 31.7 Å². The minimum atomic E-state index is -3.60. The topological polar surface area (TPSA) is 86.8 Å². The molecule has 168 valence electrons. The Morgan fingerprint density at radius 2 is 1.58 bits per heavy atom. The van der Waals surface area contributed by atoms with Crippen LogP contribution < -0.4 is 5.32 Å². The Hall–Kier alpha value is -2.71. The molecule has 0 spiro atoms. The van der Waals surface area contributed by atoms with E-state index in [1.807, 2.05) is 37.3 Å². The second-order valence-corrected chi connectivity index (χ2v) is 9.33. The van der Waals surface area contributed by atoms with Gasteiger partial charge >= 0.3 is 0 Å². The fraction of sp³-hybridized carbons (Fsp3) is 0.391. The number of sulfonamides is 1. The molecule has 0 aromatic heterocycles. The minimum absolute atomic E-state index is 0.148. The van der Waals surface area contributed by atoms with E-state index < -0.39 is 16.1 Å². The summed E-state index contributed by atoms with van der Waals surface area (Å²) in [5.74, 6) is -0.389. The highest BCUT2D eigenvalue weighted by Crippen LogP contribution is 2.16. The van der Waals surface area contributed by atoms with Gasteiger partial charge in [0.25, 0.3) is 0 Å². The fourth-order valence-electron chi connectivity index (χ4n) is 3.36. The lowest BCUT2D eigenvalue weighted by molar-refractivity contribution is -0.141.